The lowest BCUT2D eigenvalue weighted by Gasteiger charge is -2.03. The summed E-state index contributed by atoms with van der Waals surface area (Å²) in [6, 6.07) is 0. The molecule has 0 aliphatic carbocycles. The summed E-state index contributed by atoms with van der Waals surface area (Å²) in [5.41, 5.74) is 0. The van der Waals surface area contributed by atoms with Crippen molar-refractivity contribution in [3.63, 3.8) is 0 Å². The van der Waals surface area contributed by atoms with E-state index in [4.69, 9.17) is 10.2 Å². The molecular formula is C8H20O4. The Labute approximate surface area is 74.1 Å². The Balaban J connectivity index is 0. The molecule has 0 fully saturated rings. The van der Waals surface area contributed by atoms with E-state index in [1.165, 1.54) is 0 Å². The zero-order chi connectivity index (χ0) is 9.98. The average molecular weight is 180 g/mol. The van der Waals surface area contributed by atoms with Gasteiger partial charge in [0.2, 0.25) is 0 Å². The van der Waals surface area contributed by atoms with Gasteiger partial charge in [-0.25, -0.2) is 0 Å². The second-order valence-corrected chi connectivity index (χ2v) is 2.47. The van der Waals surface area contributed by atoms with Gasteiger partial charge < -0.3 is 19.7 Å². The summed E-state index contributed by atoms with van der Waals surface area (Å²) in [6.45, 7) is 4.47. The molecule has 76 valence electrons. The van der Waals surface area contributed by atoms with E-state index in [1.807, 2.05) is 0 Å². The van der Waals surface area contributed by atoms with Gasteiger partial charge >= 0.3 is 0 Å². The molecule has 0 rings (SSSR count). The zero-order valence-electron chi connectivity index (χ0n) is 8.28. The fourth-order valence-electron chi connectivity index (χ4n) is 0.167. The van der Waals surface area contributed by atoms with Gasteiger partial charge in [0.05, 0.1) is 25.4 Å². The van der Waals surface area contributed by atoms with E-state index >= 15 is 0 Å². The lowest BCUT2D eigenvalue weighted by molar-refractivity contribution is 0.0438. The normalized spacial score (nSPS) is 14.5. The van der Waals surface area contributed by atoms with Crippen LogP contribution >= 0.6 is 0 Å². The second kappa shape index (κ2) is 10.8. The van der Waals surface area contributed by atoms with Crippen LogP contribution in [0.2, 0.25) is 0 Å². The van der Waals surface area contributed by atoms with Crippen LogP contribution in [0.1, 0.15) is 13.8 Å². The largest absolute Gasteiger partial charge is 0.391 e. The summed E-state index contributed by atoms with van der Waals surface area (Å²) in [5.74, 6) is 0. The van der Waals surface area contributed by atoms with E-state index < -0.39 is 12.2 Å². The third-order valence-electron chi connectivity index (χ3n) is 1.19. The first kappa shape index (κ1) is 14.4. The van der Waals surface area contributed by atoms with Gasteiger partial charge in [0.1, 0.15) is 0 Å². The van der Waals surface area contributed by atoms with Crippen molar-refractivity contribution < 1.29 is 19.7 Å². The van der Waals surface area contributed by atoms with Crippen molar-refractivity contribution in [2.45, 2.75) is 26.1 Å². The number of hydrogen-bond donors (Lipinski definition) is 2. The predicted octanol–water partition coefficient (Wildman–Crippen LogP) is 0.0272. The van der Waals surface area contributed by atoms with Crippen LogP contribution in [-0.2, 0) is 9.47 Å². The average Bonchev–Trinajstić information content (AvgIpc) is 2.02. The molecule has 2 N–H and O–H groups in total. The minimum Gasteiger partial charge on any atom is -0.391 e. The number of aliphatic hydroxyl groups is 2. The van der Waals surface area contributed by atoms with E-state index in [0.717, 1.165) is 0 Å². The smallest absolute Gasteiger partial charge is 0.0768 e. The molecule has 0 aliphatic heterocycles. The van der Waals surface area contributed by atoms with E-state index in [1.54, 1.807) is 28.1 Å². The maximum absolute atomic E-state index is 8.38. The lowest BCUT2D eigenvalue weighted by Crippen LogP contribution is -2.17. The standard InChI is InChI=1S/2C4H10O2/c1-5-3-4-6-2;1-3(5)4(2)6/h3-4H2,1-2H3;3-6H,1-2H3. The highest BCUT2D eigenvalue weighted by Gasteiger charge is 1.99. The van der Waals surface area contributed by atoms with Crippen LogP contribution < -0.4 is 0 Å². The molecule has 0 aromatic heterocycles. The molecule has 0 saturated carbocycles. The topological polar surface area (TPSA) is 58.9 Å². The SMILES string of the molecule is CC(O)C(C)O.COCCOC. The molecule has 0 heterocycles. The monoisotopic (exact) mass is 180 g/mol. The maximum atomic E-state index is 8.38. The van der Waals surface area contributed by atoms with Gasteiger partial charge in [-0.15, -0.1) is 0 Å². The minimum absolute atomic E-state index is 0.593. The van der Waals surface area contributed by atoms with Crippen molar-refractivity contribution in [1.29, 1.82) is 0 Å². The van der Waals surface area contributed by atoms with Crippen LogP contribution in [0.5, 0.6) is 0 Å². The highest BCUT2D eigenvalue weighted by Crippen LogP contribution is 1.85. The van der Waals surface area contributed by atoms with Crippen molar-refractivity contribution in [3.8, 4) is 0 Å². The van der Waals surface area contributed by atoms with Gasteiger partial charge in [-0.05, 0) is 13.8 Å². The Morgan fingerprint density at radius 2 is 1.17 bits per heavy atom. The van der Waals surface area contributed by atoms with Gasteiger partial charge in [0, 0.05) is 14.2 Å². The van der Waals surface area contributed by atoms with E-state index in [9.17, 15) is 0 Å². The van der Waals surface area contributed by atoms with Gasteiger partial charge in [0.15, 0.2) is 0 Å². The number of methoxy groups -OCH3 is 2. The minimum atomic E-state index is -0.593. The number of ether oxygens (including phenoxy) is 2. The van der Waals surface area contributed by atoms with Crippen molar-refractivity contribution >= 4 is 0 Å². The fourth-order valence-corrected chi connectivity index (χ4v) is 0.167. The Morgan fingerprint density at radius 1 is 0.917 bits per heavy atom. The first-order valence-electron chi connectivity index (χ1n) is 3.90. The van der Waals surface area contributed by atoms with Crippen LogP contribution in [0.3, 0.4) is 0 Å². The van der Waals surface area contributed by atoms with Gasteiger partial charge in [-0.1, -0.05) is 0 Å². The maximum Gasteiger partial charge on any atom is 0.0768 e. The van der Waals surface area contributed by atoms with Gasteiger partial charge in [0.25, 0.3) is 0 Å². The van der Waals surface area contributed by atoms with E-state index in [0.29, 0.717) is 13.2 Å². The van der Waals surface area contributed by atoms with E-state index in [2.05, 4.69) is 9.47 Å². The third kappa shape index (κ3) is 16.4. The molecular weight excluding hydrogens is 160 g/mol. The number of aliphatic hydroxyl groups excluding tert-OH is 2. The molecule has 4 heteroatoms. The molecule has 0 amide bonds. The fraction of sp³-hybridized carbons (Fsp3) is 1.00. The summed E-state index contributed by atoms with van der Waals surface area (Å²) >= 11 is 0. The molecule has 0 bridgehead atoms. The van der Waals surface area contributed by atoms with E-state index in [-0.39, 0.29) is 0 Å². The predicted molar refractivity (Wildman–Crippen MR) is 47.1 cm³/mol. The zero-order valence-corrected chi connectivity index (χ0v) is 8.28. The Bertz CT molecular complexity index is 63.5. The molecule has 2 unspecified atom stereocenters. The summed E-state index contributed by atoms with van der Waals surface area (Å²) in [7, 11) is 3.30. The molecule has 0 saturated heterocycles. The Morgan fingerprint density at radius 3 is 1.25 bits per heavy atom. The van der Waals surface area contributed by atoms with Crippen LogP contribution in [0.25, 0.3) is 0 Å². The molecule has 2 atom stereocenters. The van der Waals surface area contributed by atoms with Crippen molar-refractivity contribution in [1.82, 2.24) is 0 Å². The number of hydrogen-bond acceptors (Lipinski definition) is 4. The molecule has 12 heavy (non-hydrogen) atoms. The lowest BCUT2D eigenvalue weighted by atomic mass is 10.3. The van der Waals surface area contributed by atoms with Gasteiger partial charge in [-0.2, -0.15) is 0 Å². The van der Waals surface area contributed by atoms with Crippen molar-refractivity contribution in [2.24, 2.45) is 0 Å². The molecule has 0 radical (unpaired) electrons. The van der Waals surface area contributed by atoms with Crippen molar-refractivity contribution in [3.05, 3.63) is 0 Å². The first-order valence-corrected chi connectivity index (χ1v) is 3.90. The van der Waals surface area contributed by atoms with Crippen LogP contribution in [-0.4, -0.2) is 49.9 Å². The first-order chi connectivity index (χ1) is 5.56. The Kier molecular flexibility index (Phi) is 13.0. The molecule has 4 nitrogen and oxygen atoms in total. The third-order valence-corrected chi connectivity index (χ3v) is 1.19. The number of rotatable bonds is 4. The second-order valence-electron chi connectivity index (χ2n) is 2.47. The summed E-state index contributed by atoms with van der Waals surface area (Å²) in [4.78, 5) is 0. The Hall–Kier alpha value is -0.160. The van der Waals surface area contributed by atoms with Crippen LogP contribution in [0, 0.1) is 0 Å². The quantitative estimate of drug-likeness (QED) is 0.599. The van der Waals surface area contributed by atoms with Crippen molar-refractivity contribution in [2.75, 3.05) is 27.4 Å². The highest BCUT2D eigenvalue weighted by molar-refractivity contribution is 4.50. The molecule has 0 aliphatic rings. The van der Waals surface area contributed by atoms with Gasteiger partial charge in [-0.3, -0.25) is 0 Å². The molecule has 0 aromatic carbocycles. The summed E-state index contributed by atoms with van der Waals surface area (Å²) in [5, 5.41) is 16.8. The molecule has 0 spiro atoms. The van der Waals surface area contributed by atoms with Crippen LogP contribution in [0.4, 0.5) is 0 Å². The van der Waals surface area contributed by atoms with Crippen LogP contribution in [0.15, 0.2) is 0 Å². The molecule has 0 aromatic rings. The summed E-state index contributed by atoms with van der Waals surface area (Å²) in [6.07, 6.45) is -1.19. The highest BCUT2D eigenvalue weighted by atomic mass is 16.5. The summed E-state index contributed by atoms with van der Waals surface area (Å²) < 4.78 is 9.31.